The van der Waals surface area contributed by atoms with Crippen LogP contribution in [0.4, 0.5) is 5.69 Å². The summed E-state index contributed by atoms with van der Waals surface area (Å²) < 4.78 is 34.5. The average molecular weight is 346 g/mol. The van der Waals surface area contributed by atoms with Gasteiger partial charge in [0.25, 0.3) is 10.0 Å². The zero-order chi connectivity index (χ0) is 17.3. The van der Waals surface area contributed by atoms with Gasteiger partial charge < -0.3 is 4.52 Å². The second kappa shape index (κ2) is 6.12. The number of rotatable bonds is 5. The number of benzene rings is 1. The van der Waals surface area contributed by atoms with Crippen LogP contribution in [0.3, 0.4) is 0 Å². The Morgan fingerprint density at radius 2 is 1.88 bits per heavy atom. The summed E-state index contributed by atoms with van der Waals surface area (Å²) in [6.07, 6.45) is 1.34. The molecule has 3 rings (SSSR count). The first-order valence-electron chi connectivity index (χ1n) is 7.40. The van der Waals surface area contributed by atoms with E-state index in [2.05, 4.69) is 15.0 Å². The smallest absolute Gasteiger partial charge is 0.265 e. The molecule has 0 saturated heterocycles. The maximum Gasteiger partial charge on any atom is 0.265 e. The predicted molar refractivity (Wildman–Crippen MR) is 89.3 cm³/mol. The summed E-state index contributed by atoms with van der Waals surface area (Å²) in [5, 5.41) is 7.96. The van der Waals surface area contributed by atoms with E-state index >= 15 is 0 Å². The van der Waals surface area contributed by atoms with E-state index in [1.807, 2.05) is 30.3 Å². The van der Waals surface area contributed by atoms with Crippen molar-refractivity contribution >= 4 is 15.7 Å². The summed E-state index contributed by atoms with van der Waals surface area (Å²) in [5.74, 6) is 0.408. The Morgan fingerprint density at radius 3 is 2.50 bits per heavy atom. The monoisotopic (exact) mass is 346 g/mol. The van der Waals surface area contributed by atoms with Crippen molar-refractivity contribution < 1.29 is 12.9 Å². The lowest BCUT2D eigenvalue weighted by atomic mass is 10.2. The average Bonchev–Trinajstić information content (AvgIpc) is 3.04. The predicted octanol–water partition coefficient (Wildman–Crippen LogP) is 2.65. The van der Waals surface area contributed by atoms with Gasteiger partial charge in [0.1, 0.15) is 10.6 Å². The molecule has 7 nitrogen and oxygen atoms in total. The third kappa shape index (κ3) is 3.05. The molecule has 0 atom stereocenters. The van der Waals surface area contributed by atoms with E-state index in [1.54, 1.807) is 25.5 Å². The van der Waals surface area contributed by atoms with Gasteiger partial charge in [0.2, 0.25) is 0 Å². The topological polar surface area (TPSA) is 90.0 Å². The van der Waals surface area contributed by atoms with Gasteiger partial charge in [-0.2, -0.15) is 5.10 Å². The molecule has 0 aliphatic heterocycles. The van der Waals surface area contributed by atoms with Crippen LogP contribution < -0.4 is 4.72 Å². The number of aryl methyl sites for hydroxylation is 2. The van der Waals surface area contributed by atoms with Crippen LogP contribution >= 0.6 is 0 Å². The van der Waals surface area contributed by atoms with E-state index in [9.17, 15) is 8.42 Å². The highest BCUT2D eigenvalue weighted by Gasteiger charge is 2.26. The molecule has 0 bridgehead atoms. The molecule has 1 aromatic carbocycles. The minimum Gasteiger partial charge on any atom is -0.359 e. The van der Waals surface area contributed by atoms with Crippen molar-refractivity contribution in [2.75, 3.05) is 4.72 Å². The Balaban J connectivity index is 1.95. The van der Waals surface area contributed by atoms with Crippen LogP contribution in [0.5, 0.6) is 0 Å². The van der Waals surface area contributed by atoms with E-state index in [1.165, 1.54) is 6.20 Å². The van der Waals surface area contributed by atoms with Crippen LogP contribution in [0.2, 0.25) is 0 Å². The number of hydrogen-bond acceptors (Lipinski definition) is 5. The van der Waals surface area contributed by atoms with Crippen molar-refractivity contribution in [3.8, 4) is 0 Å². The number of aromatic nitrogens is 3. The van der Waals surface area contributed by atoms with Crippen molar-refractivity contribution in [3.63, 3.8) is 0 Å². The Morgan fingerprint density at radius 1 is 1.17 bits per heavy atom. The van der Waals surface area contributed by atoms with Crippen molar-refractivity contribution in [1.82, 2.24) is 14.9 Å². The SMILES string of the molecule is Cc1nn(Cc2ccccc2)c(C)c1S(=O)(=O)Nc1cnoc1C. The number of hydrogen-bond donors (Lipinski definition) is 1. The summed E-state index contributed by atoms with van der Waals surface area (Å²) in [4.78, 5) is 0.180. The van der Waals surface area contributed by atoms with Gasteiger partial charge in [-0.15, -0.1) is 0 Å². The van der Waals surface area contributed by atoms with Gasteiger partial charge in [0.05, 0.1) is 24.1 Å². The fourth-order valence-electron chi connectivity index (χ4n) is 2.57. The first-order valence-corrected chi connectivity index (χ1v) is 8.89. The maximum absolute atomic E-state index is 12.7. The van der Waals surface area contributed by atoms with E-state index in [0.717, 1.165) is 5.56 Å². The summed E-state index contributed by atoms with van der Waals surface area (Å²) >= 11 is 0. The fraction of sp³-hybridized carbons (Fsp3) is 0.250. The molecular formula is C16H18N4O3S. The van der Waals surface area contributed by atoms with E-state index in [4.69, 9.17) is 4.52 Å². The van der Waals surface area contributed by atoms with Gasteiger partial charge in [-0.3, -0.25) is 9.40 Å². The molecule has 0 radical (unpaired) electrons. The van der Waals surface area contributed by atoms with Gasteiger partial charge in [0.15, 0.2) is 5.76 Å². The molecule has 0 fully saturated rings. The van der Waals surface area contributed by atoms with Crippen LogP contribution in [0.15, 0.2) is 45.9 Å². The summed E-state index contributed by atoms with van der Waals surface area (Å²) in [7, 11) is -3.77. The molecule has 3 aromatic rings. The van der Waals surface area contributed by atoms with Crippen molar-refractivity contribution in [3.05, 3.63) is 59.2 Å². The Labute approximate surface area is 140 Å². The third-order valence-corrected chi connectivity index (χ3v) is 5.37. The first kappa shape index (κ1) is 16.3. The summed E-state index contributed by atoms with van der Waals surface area (Å²) in [6, 6.07) is 9.77. The summed E-state index contributed by atoms with van der Waals surface area (Å²) in [6.45, 7) is 5.58. The lowest BCUT2D eigenvalue weighted by molar-refractivity contribution is 0.398. The molecule has 0 aliphatic carbocycles. The van der Waals surface area contributed by atoms with Gasteiger partial charge in [0, 0.05) is 0 Å². The van der Waals surface area contributed by atoms with Gasteiger partial charge in [-0.25, -0.2) is 8.42 Å². The Hall–Kier alpha value is -2.61. The van der Waals surface area contributed by atoms with Gasteiger partial charge in [-0.1, -0.05) is 35.5 Å². The molecule has 2 heterocycles. The van der Waals surface area contributed by atoms with Crippen molar-refractivity contribution in [1.29, 1.82) is 0 Å². The minimum absolute atomic E-state index is 0.180. The number of nitrogens with zero attached hydrogens (tertiary/aromatic N) is 3. The number of sulfonamides is 1. The highest BCUT2D eigenvalue weighted by Crippen LogP contribution is 2.24. The van der Waals surface area contributed by atoms with Gasteiger partial charge >= 0.3 is 0 Å². The Bertz CT molecular complexity index is 959. The normalized spacial score (nSPS) is 11.6. The second-order valence-electron chi connectivity index (χ2n) is 5.54. The van der Waals surface area contributed by atoms with Crippen LogP contribution in [0.1, 0.15) is 22.7 Å². The zero-order valence-corrected chi connectivity index (χ0v) is 14.5. The highest BCUT2D eigenvalue weighted by atomic mass is 32.2. The van der Waals surface area contributed by atoms with Crippen molar-refractivity contribution in [2.24, 2.45) is 0 Å². The standard InChI is InChI=1S/C16H18N4O3S/c1-11-16(24(21,22)19-15-9-17-23-13(15)3)12(2)20(18-11)10-14-7-5-4-6-8-14/h4-9,19H,10H2,1-3H3. The zero-order valence-electron chi connectivity index (χ0n) is 13.6. The van der Waals surface area contributed by atoms with Crippen molar-refractivity contribution in [2.45, 2.75) is 32.2 Å². The molecule has 0 unspecified atom stereocenters. The van der Waals surface area contributed by atoms with Crippen LogP contribution in [-0.4, -0.2) is 23.4 Å². The maximum atomic E-state index is 12.7. The molecule has 8 heteroatoms. The van der Waals surface area contributed by atoms with Crippen LogP contribution in [0, 0.1) is 20.8 Å². The molecule has 0 spiro atoms. The molecule has 2 aromatic heterocycles. The lowest BCUT2D eigenvalue weighted by Gasteiger charge is -2.08. The molecule has 0 aliphatic rings. The third-order valence-electron chi connectivity index (χ3n) is 3.75. The first-order chi connectivity index (χ1) is 11.4. The molecule has 0 amide bonds. The quantitative estimate of drug-likeness (QED) is 0.767. The largest absolute Gasteiger partial charge is 0.359 e. The summed E-state index contributed by atoms with van der Waals surface area (Å²) in [5.41, 5.74) is 2.41. The lowest BCUT2D eigenvalue weighted by Crippen LogP contribution is -2.15. The molecule has 0 saturated carbocycles. The number of anilines is 1. The highest BCUT2D eigenvalue weighted by molar-refractivity contribution is 7.92. The molecule has 126 valence electrons. The molecular weight excluding hydrogens is 328 g/mol. The van der Waals surface area contributed by atoms with Crippen LogP contribution in [0.25, 0.3) is 0 Å². The number of nitrogens with one attached hydrogen (secondary N) is 1. The van der Waals surface area contributed by atoms with E-state index in [0.29, 0.717) is 29.4 Å². The molecule has 24 heavy (non-hydrogen) atoms. The fourth-order valence-corrected chi connectivity index (χ4v) is 4.08. The second-order valence-corrected chi connectivity index (χ2v) is 7.16. The van der Waals surface area contributed by atoms with E-state index < -0.39 is 10.0 Å². The van der Waals surface area contributed by atoms with E-state index in [-0.39, 0.29) is 4.90 Å². The van der Waals surface area contributed by atoms with Crippen LogP contribution in [-0.2, 0) is 16.6 Å². The Kier molecular flexibility index (Phi) is 4.15. The minimum atomic E-state index is -3.77. The molecule has 1 N–H and O–H groups in total. The van der Waals surface area contributed by atoms with Gasteiger partial charge in [-0.05, 0) is 26.3 Å².